The lowest BCUT2D eigenvalue weighted by atomic mass is 9.96. The zero-order chi connectivity index (χ0) is 14.2. The van der Waals surface area contributed by atoms with Crippen LogP contribution in [0.3, 0.4) is 0 Å². The van der Waals surface area contributed by atoms with Crippen molar-refractivity contribution < 1.29 is 0 Å². The Kier molecular flexibility index (Phi) is 9.64. The Morgan fingerprint density at radius 3 is 2.57 bits per heavy atom. The van der Waals surface area contributed by atoms with Gasteiger partial charge in [0.25, 0.3) is 0 Å². The van der Waals surface area contributed by atoms with Crippen LogP contribution in [0.5, 0.6) is 0 Å². The van der Waals surface area contributed by atoms with Crippen LogP contribution in [-0.2, 0) is 0 Å². The van der Waals surface area contributed by atoms with Crippen LogP contribution in [0.4, 0.5) is 0 Å². The topological polar surface area (TPSA) is 39.7 Å². The second-order valence-electron chi connectivity index (χ2n) is 6.47. The number of nitrogens with zero attached hydrogens (tertiary/aromatic N) is 2. The van der Waals surface area contributed by atoms with Crippen molar-refractivity contribution in [2.45, 2.75) is 57.9 Å². The summed E-state index contributed by atoms with van der Waals surface area (Å²) in [7, 11) is 2.22. The summed E-state index contributed by atoms with van der Waals surface area (Å²) in [5.41, 5.74) is 0. The normalized spacial score (nSPS) is 25.2. The van der Waals surface area contributed by atoms with Crippen LogP contribution in [-0.4, -0.2) is 50.1 Å². The van der Waals surface area contributed by atoms with Crippen molar-refractivity contribution in [1.82, 2.24) is 15.5 Å². The predicted molar refractivity (Wildman–Crippen MR) is 102 cm³/mol. The maximum absolute atomic E-state index is 4.83. The van der Waals surface area contributed by atoms with Gasteiger partial charge in [0.2, 0.25) is 0 Å². The second kappa shape index (κ2) is 10.6. The Morgan fingerprint density at radius 2 is 1.90 bits per heavy atom. The standard InChI is InChI=1S/C16H32N4.HI/c1-3-17-16(19-15-9-5-4-6-10-15)18-12-14-8-7-11-20(2)13-14;/h14-15H,3-13H2,1-2H3,(H2,17,18,19);1H. The molecular formula is C16H33IN4. The number of piperidine rings is 1. The molecule has 0 aromatic carbocycles. The van der Waals surface area contributed by atoms with Gasteiger partial charge in [-0.25, -0.2) is 0 Å². The monoisotopic (exact) mass is 408 g/mol. The van der Waals surface area contributed by atoms with E-state index in [2.05, 4.69) is 29.5 Å². The molecule has 2 N–H and O–H groups in total. The summed E-state index contributed by atoms with van der Waals surface area (Å²) in [5.74, 6) is 1.77. The predicted octanol–water partition coefficient (Wildman–Crippen LogP) is 2.83. The summed E-state index contributed by atoms with van der Waals surface area (Å²) in [6.07, 6.45) is 9.39. The smallest absolute Gasteiger partial charge is 0.191 e. The molecule has 0 aromatic rings. The highest BCUT2D eigenvalue weighted by Crippen LogP contribution is 2.18. The molecule has 5 heteroatoms. The van der Waals surface area contributed by atoms with Gasteiger partial charge in [0.1, 0.15) is 0 Å². The average Bonchev–Trinajstić information content (AvgIpc) is 2.46. The third kappa shape index (κ3) is 7.17. The molecule has 1 saturated heterocycles. The summed E-state index contributed by atoms with van der Waals surface area (Å²) in [4.78, 5) is 7.27. The van der Waals surface area contributed by atoms with Gasteiger partial charge in [-0.2, -0.15) is 0 Å². The summed E-state index contributed by atoms with van der Waals surface area (Å²) >= 11 is 0. The first kappa shape index (κ1) is 19.0. The van der Waals surface area contributed by atoms with E-state index in [4.69, 9.17) is 4.99 Å². The van der Waals surface area contributed by atoms with Gasteiger partial charge in [0, 0.05) is 25.7 Å². The highest BCUT2D eigenvalue weighted by atomic mass is 127. The van der Waals surface area contributed by atoms with Crippen LogP contribution in [0.2, 0.25) is 0 Å². The van der Waals surface area contributed by atoms with E-state index in [1.165, 1.54) is 58.0 Å². The zero-order valence-electron chi connectivity index (χ0n) is 13.7. The molecule has 0 aromatic heterocycles. The Hall–Kier alpha value is -0.0400. The largest absolute Gasteiger partial charge is 0.357 e. The van der Waals surface area contributed by atoms with Crippen LogP contribution < -0.4 is 10.6 Å². The van der Waals surface area contributed by atoms with Gasteiger partial charge >= 0.3 is 0 Å². The highest BCUT2D eigenvalue weighted by molar-refractivity contribution is 14.0. The van der Waals surface area contributed by atoms with Crippen molar-refractivity contribution in [3.05, 3.63) is 0 Å². The molecule has 0 bridgehead atoms. The molecule has 0 spiro atoms. The van der Waals surface area contributed by atoms with E-state index in [-0.39, 0.29) is 24.0 Å². The Balaban J connectivity index is 0.00000220. The Labute approximate surface area is 147 Å². The number of rotatable bonds is 4. The lowest BCUT2D eigenvalue weighted by Gasteiger charge is -2.29. The molecule has 0 radical (unpaired) electrons. The second-order valence-corrected chi connectivity index (χ2v) is 6.47. The third-order valence-corrected chi connectivity index (χ3v) is 4.52. The molecular weight excluding hydrogens is 375 g/mol. The van der Waals surface area contributed by atoms with Crippen molar-refractivity contribution in [1.29, 1.82) is 0 Å². The maximum Gasteiger partial charge on any atom is 0.191 e. The van der Waals surface area contributed by atoms with Crippen molar-refractivity contribution >= 4 is 29.9 Å². The van der Waals surface area contributed by atoms with Crippen LogP contribution in [0, 0.1) is 5.92 Å². The lowest BCUT2D eigenvalue weighted by Crippen LogP contribution is -2.44. The van der Waals surface area contributed by atoms with E-state index in [9.17, 15) is 0 Å². The van der Waals surface area contributed by atoms with E-state index in [0.29, 0.717) is 6.04 Å². The number of hydrogen-bond donors (Lipinski definition) is 2. The summed E-state index contributed by atoms with van der Waals surface area (Å²) < 4.78 is 0. The number of likely N-dealkylation sites (tertiary alicyclic amines) is 1. The summed E-state index contributed by atoms with van der Waals surface area (Å²) in [6, 6.07) is 0.635. The minimum atomic E-state index is 0. The van der Waals surface area contributed by atoms with E-state index >= 15 is 0 Å². The van der Waals surface area contributed by atoms with E-state index in [1.807, 2.05) is 0 Å². The fourth-order valence-corrected chi connectivity index (χ4v) is 3.40. The number of nitrogens with one attached hydrogen (secondary N) is 2. The number of aliphatic imine (C=N–C) groups is 1. The lowest BCUT2D eigenvalue weighted by molar-refractivity contribution is 0.214. The molecule has 1 saturated carbocycles. The first-order valence-corrected chi connectivity index (χ1v) is 8.51. The molecule has 1 heterocycles. The van der Waals surface area contributed by atoms with Gasteiger partial charge in [0.15, 0.2) is 5.96 Å². The van der Waals surface area contributed by atoms with Crippen LogP contribution in [0.1, 0.15) is 51.9 Å². The SMILES string of the molecule is CCNC(=NCC1CCCN(C)C1)NC1CCCCC1.I. The van der Waals surface area contributed by atoms with Crippen LogP contribution in [0.15, 0.2) is 4.99 Å². The minimum absolute atomic E-state index is 0. The van der Waals surface area contributed by atoms with Gasteiger partial charge in [0.05, 0.1) is 0 Å². The van der Waals surface area contributed by atoms with Gasteiger partial charge < -0.3 is 15.5 Å². The molecule has 4 nitrogen and oxygen atoms in total. The van der Waals surface area contributed by atoms with Crippen molar-refractivity contribution in [2.24, 2.45) is 10.9 Å². The fraction of sp³-hybridized carbons (Fsp3) is 0.938. The fourth-order valence-electron chi connectivity index (χ4n) is 3.40. The number of guanidine groups is 1. The molecule has 2 aliphatic rings. The zero-order valence-corrected chi connectivity index (χ0v) is 16.1. The summed E-state index contributed by atoms with van der Waals surface area (Å²) in [6.45, 7) is 6.51. The molecule has 1 aliphatic carbocycles. The molecule has 1 aliphatic heterocycles. The minimum Gasteiger partial charge on any atom is -0.357 e. The van der Waals surface area contributed by atoms with E-state index in [0.717, 1.165) is 25.0 Å². The van der Waals surface area contributed by atoms with Gasteiger partial charge in [-0.15, -0.1) is 24.0 Å². The van der Waals surface area contributed by atoms with Crippen molar-refractivity contribution in [3.63, 3.8) is 0 Å². The summed E-state index contributed by atoms with van der Waals surface area (Å²) in [5, 5.41) is 7.04. The Bertz CT molecular complexity index is 303. The molecule has 2 fully saturated rings. The quantitative estimate of drug-likeness (QED) is 0.427. The van der Waals surface area contributed by atoms with Gasteiger partial charge in [-0.1, -0.05) is 19.3 Å². The third-order valence-electron chi connectivity index (χ3n) is 4.52. The number of hydrogen-bond acceptors (Lipinski definition) is 2. The van der Waals surface area contributed by atoms with Crippen molar-refractivity contribution in [3.8, 4) is 0 Å². The van der Waals surface area contributed by atoms with Crippen LogP contribution >= 0.6 is 24.0 Å². The molecule has 21 heavy (non-hydrogen) atoms. The molecule has 124 valence electrons. The highest BCUT2D eigenvalue weighted by Gasteiger charge is 2.18. The first-order valence-electron chi connectivity index (χ1n) is 8.51. The molecule has 1 atom stereocenters. The van der Waals surface area contributed by atoms with Crippen LogP contribution in [0.25, 0.3) is 0 Å². The number of halogens is 1. The maximum atomic E-state index is 4.83. The average molecular weight is 408 g/mol. The molecule has 0 amide bonds. The van der Waals surface area contributed by atoms with Gasteiger partial charge in [-0.3, -0.25) is 4.99 Å². The van der Waals surface area contributed by atoms with E-state index in [1.54, 1.807) is 0 Å². The molecule has 2 rings (SSSR count). The van der Waals surface area contributed by atoms with Crippen molar-refractivity contribution in [2.75, 3.05) is 33.2 Å². The van der Waals surface area contributed by atoms with Gasteiger partial charge in [-0.05, 0) is 52.1 Å². The Morgan fingerprint density at radius 1 is 1.14 bits per heavy atom. The van der Waals surface area contributed by atoms with E-state index < -0.39 is 0 Å². The molecule has 1 unspecified atom stereocenters. The first-order chi connectivity index (χ1) is 9.78.